The fraction of sp³-hybridized carbons (Fsp3) is 0.632. The molecule has 1 heterocycles. The first-order valence-corrected chi connectivity index (χ1v) is 16.6. The molecule has 0 amide bonds. The molecule has 1 fully saturated rings. The molecule has 2 aliphatic rings. The summed E-state index contributed by atoms with van der Waals surface area (Å²) >= 11 is 0. The molecule has 7 nitrogen and oxygen atoms in total. The van der Waals surface area contributed by atoms with Gasteiger partial charge in [0, 0.05) is 34.7 Å². The molecule has 261 valence electrons. The van der Waals surface area contributed by atoms with Crippen LogP contribution in [0.15, 0.2) is 34.3 Å². The van der Waals surface area contributed by atoms with Crippen molar-refractivity contribution in [2.45, 2.75) is 129 Å². The smallest absolute Gasteiger partial charge is 1.00 e. The van der Waals surface area contributed by atoms with Crippen LogP contribution in [-0.2, 0) is 53.3 Å². The minimum absolute atomic E-state index is 0. The Hall–Kier alpha value is -1.93. The molecule has 1 aliphatic heterocycles. The Balaban J connectivity index is 0.00000384. The number of aliphatic imine (C=N–C) groups is 2. The van der Waals surface area contributed by atoms with Crippen LogP contribution in [0.2, 0.25) is 0 Å². The minimum Gasteiger partial charge on any atom is -1.00 e. The van der Waals surface area contributed by atoms with E-state index in [0.717, 1.165) is 47.9 Å². The summed E-state index contributed by atoms with van der Waals surface area (Å²) in [6.07, 6.45) is 7.64. The zero-order valence-electron chi connectivity index (χ0n) is 30.0. The number of hydrogen-bond acceptors (Lipinski definition) is 7. The second kappa shape index (κ2) is 16.2. The average Bonchev–Trinajstić information content (AvgIpc) is 2.94. The molecular formula is C38H56ClMnN2O5+. The average molecular weight is 711 g/mol. The summed E-state index contributed by atoms with van der Waals surface area (Å²) in [5.74, 6) is 0.373. The molecule has 0 aromatic heterocycles. The number of halogens is 1. The molecule has 9 heteroatoms. The van der Waals surface area contributed by atoms with Crippen LogP contribution in [0, 0.1) is 0 Å². The van der Waals surface area contributed by atoms with E-state index in [9.17, 15) is 10.2 Å². The first kappa shape index (κ1) is 41.2. The molecule has 1 saturated carbocycles. The predicted molar refractivity (Wildman–Crippen MR) is 184 cm³/mol. The second-order valence-electron chi connectivity index (χ2n) is 15.7. The first-order valence-electron chi connectivity index (χ1n) is 16.6. The number of phenols is 2. The van der Waals surface area contributed by atoms with Gasteiger partial charge in [-0.2, -0.15) is 0 Å². The van der Waals surface area contributed by atoms with Gasteiger partial charge in [0.2, 0.25) is 0 Å². The zero-order valence-corrected chi connectivity index (χ0v) is 32.0. The third-order valence-corrected chi connectivity index (χ3v) is 9.19. The number of phenolic OH excluding ortho intramolecular Hbond substituents is 2. The molecule has 4 bridgehead atoms. The molecule has 2 aromatic rings. The van der Waals surface area contributed by atoms with Crippen LogP contribution < -0.4 is 12.4 Å². The van der Waals surface area contributed by atoms with Gasteiger partial charge in [0.05, 0.1) is 49.7 Å². The van der Waals surface area contributed by atoms with Crippen molar-refractivity contribution in [3.05, 3.63) is 57.6 Å². The monoisotopic (exact) mass is 710 g/mol. The maximum absolute atomic E-state index is 11.5. The third-order valence-electron chi connectivity index (χ3n) is 9.19. The summed E-state index contributed by atoms with van der Waals surface area (Å²) in [5.41, 5.74) is 3.27. The second-order valence-corrected chi connectivity index (χ2v) is 15.7. The maximum Gasteiger partial charge on any atom is 2.00 e. The predicted octanol–water partition coefficient (Wildman–Crippen LogP) is 5.08. The number of fused-ring (bicyclic) bond motifs is 5. The van der Waals surface area contributed by atoms with Gasteiger partial charge in [0.1, 0.15) is 11.5 Å². The van der Waals surface area contributed by atoms with E-state index in [4.69, 9.17) is 24.2 Å². The van der Waals surface area contributed by atoms with Crippen molar-refractivity contribution in [3.63, 3.8) is 0 Å². The van der Waals surface area contributed by atoms with Gasteiger partial charge in [0.25, 0.3) is 0 Å². The van der Waals surface area contributed by atoms with Crippen LogP contribution in [0.25, 0.3) is 0 Å². The van der Waals surface area contributed by atoms with Gasteiger partial charge >= 0.3 is 17.1 Å². The fourth-order valence-electron chi connectivity index (χ4n) is 6.06. The Morgan fingerprint density at radius 3 is 1.34 bits per heavy atom. The summed E-state index contributed by atoms with van der Waals surface area (Å²) in [5, 5.41) is 23.1. The van der Waals surface area contributed by atoms with Gasteiger partial charge in [-0.15, -0.1) is 0 Å². The van der Waals surface area contributed by atoms with Crippen LogP contribution >= 0.6 is 0 Å². The number of nitrogens with zero attached hydrogens (tertiary/aromatic N) is 2. The zero-order chi connectivity index (χ0) is 33.2. The third kappa shape index (κ3) is 10.3. The van der Waals surface area contributed by atoms with Crippen molar-refractivity contribution in [2.24, 2.45) is 9.98 Å². The van der Waals surface area contributed by atoms with Gasteiger partial charge in [-0.3, -0.25) is 9.98 Å². The molecule has 2 atom stereocenters. The van der Waals surface area contributed by atoms with Gasteiger partial charge in [0.15, 0.2) is 0 Å². The van der Waals surface area contributed by atoms with E-state index >= 15 is 0 Å². The SMILES string of the molecule is CC(C)(C)c1cc2c(O)c(c1)C(C)(C)OCCOCCOC(C)(C)c1cc(C(C)(C)C)cc(c1O)C=N[C@@H]1CCCC[C@H]1N=C2.[Cl-].[Mn+2]. The largest absolute Gasteiger partial charge is 2.00 e. The van der Waals surface area contributed by atoms with Crippen molar-refractivity contribution in [3.8, 4) is 11.5 Å². The molecular weight excluding hydrogens is 655 g/mol. The fourth-order valence-corrected chi connectivity index (χ4v) is 6.06. The number of hydrogen-bond donors (Lipinski definition) is 2. The first-order chi connectivity index (χ1) is 20.9. The minimum atomic E-state index is -0.751. The van der Waals surface area contributed by atoms with Crippen LogP contribution in [0.5, 0.6) is 11.5 Å². The van der Waals surface area contributed by atoms with Gasteiger partial charge in [-0.25, -0.2) is 0 Å². The molecule has 0 unspecified atom stereocenters. The van der Waals surface area contributed by atoms with E-state index < -0.39 is 11.2 Å². The molecule has 2 N–H and O–H groups in total. The Morgan fingerprint density at radius 1 is 0.638 bits per heavy atom. The van der Waals surface area contributed by atoms with Gasteiger partial charge < -0.3 is 36.8 Å². The van der Waals surface area contributed by atoms with Gasteiger partial charge in [-0.05, 0) is 86.8 Å². The molecule has 2 aromatic carbocycles. The van der Waals surface area contributed by atoms with E-state index in [0.29, 0.717) is 37.6 Å². The molecule has 1 aliphatic carbocycles. The van der Waals surface area contributed by atoms with Crippen molar-refractivity contribution in [1.82, 2.24) is 0 Å². The topological polar surface area (TPSA) is 92.9 Å². The van der Waals surface area contributed by atoms with E-state index in [1.807, 2.05) is 52.3 Å². The molecule has 1 radical (unpaired) electrons. The quantitative estimate of drug-likeness (QED) is 0.373. The molecule has 0 spiro atoms. The maximum atomic E-state index is 11.5. The molecule has 47 heavy (non-hydrogen) atoms. The van der Waals surface area contributed by atoms with E-state index in [-0.39, 0.29) is 63.9 Å². The number of rotatable bonds is 0. The van der Waals surface area contributed by atoms with Crippen molar-refractivity contribution < 1.29 is 53.9 Å². The van der Waals surface area contributed by atoms with Crippen LogP contribution in [0.1, 0.15) is 128 Å². The summed E-state index contributed by atoms with van der Waals surface area (Å²) in [7, 11) is 0. The Morgan fingerprint density at radius 2 is 1.00 bits per heavy atom. The van der Waals surface area contributed by atoms with Crippen LogP contribution in [0.3, 0.4) is 0 Å². The number of aromatic hydroxyl groups is 2. The number of ether oxygens (including phenoxy) is 3. The number of benzene rings is 2. The summed E-state index contributed by atoms with van der Waals surface area (Å²) in [6, 6.07) is 8.13. The Kier molecular flexibility index (Phi) is 14.2. The van der Waals surface area contributed by atoms with Crippen LogP contribution in [-0.4, -0.2) is 61.2 Å². The van der Waals surface area contributed by atoms with E-state index in [1.165, 1.54) is 0 Å². The molecule has 0 saturated heterocycles. The summed E-state index contributed by atoms with van der Waals surface area (Å²) in [4.78, 5) is 10.1. The Labute approximate surface area is 299 Å². The summed E-state index contributed by atoms with van der Waals surface area (Å²) in [6.45, 7) is 22.4. The molecule has 4 rings (SSSR count). The van der Waals surface area contributed by atoms with Crippen molar-refractivity contribution >= 4 is 12.4 Å². The van der Waals surface area contributed by atoms with Crippen molar-refractivity contribution in [2.75, 3.05) is 26.4 Å². The normalized spacial score (nSPS) is 22.2. The summed E-state index contributed by atoms with van der Waals surface area (Å²) < 4.78 is 18.5. The van der Waals surface area contributed by atoms with Gasteiger partial charge in [-0.1, -0.05) is 54.4 Å². The van der Waals surface area contributed by atoms with Crippen LogP contribution in [0.4, 0.5) is 0 Å². The van der Waals surface area contributed by atoms with Crippen molar-refractivity contribution in [1.29, 1.82) is 0 Å². The van der Waals surface area contributed by atoms with E-state index in [1.54, 1.807) is 0 Å². The van der Waals surface area contributed by atoms with E-state index in [2.05, 4.69) is 53.7 Å². The Bertz CT molecular complexity index is 1300. The standard InChI is InChI=1S/C38H56N2O5.ClH.Mn/c1-35(2,3)27-19-25-23-39-31-13-11-12-14-32(31)40-24-26-20-28(36(4,5)6)22-30(34(26)42)38(9,10)45-18-16-43-15-17-44-37(7,8)29(21-27)33(25)41;;/h19-24,31-32,41-42H,11-18H2,1-10H3;1H;/q;;+2/p-1/t31-,32-;;/m1../s1.